The Hall–Kier alpha value is -0.900. The Morgan fingerprint density at radius 1 is 1.75 bits per heavy atom. The van der Waals surface area contributed by atoms with Crippen molar-refractivity contribution in [3.8, 4) is 0 Å². The number of rotatable bonds is 1. The maximum atomic E-state index is 11.1. The van der Waals surface area contributed by atoms with E-state index in [2.05, 4.69) is 5.32 Å². The third kappa shape index (κ3) is 1.22. The van der Waals surface area contributed by atoms with Gasteiger partial charge >= 0.3 is 0 Å². The number of thioether (sulfide) groups is 1. The lowest BCUT2D eigenvalue weighted by atomic mass is 10.2. The molecule has 0 bridgehead atoms. The smallest absolute Gasteiger partial charge is 0.199 e. The molecule has 0 aromatic heterocycles. The maximum Gasteiger partial charge on any atom is 0.199 e. The van der Waals surface area contributed by atoms with Crippen molar-refractivity contribution >= 4 is 17.5 Å². The monoisotopic (exact) mass is 183 g/mol. The lowest BCUT2D eigenvalue weighted by Crippen LogP contribution is -2.12. The van der Waals surface area contributed by atoms with Crippen LogP contribution in [0.4, 0.5) is 0 Å². The Labute approximate surface area is 74.9 Å². The summed E-state index contributed by atoms with van der Waals surface area (Å²) in [7, 11) is 0. The molecule has 64 valence electrons. The van der Waals surface area contributed by atoms with Crippen LogP contribution in [0.2, 0.25) is 0 Å². The number of ether oxygens (including phenoxy) is 1. The van der Waals surface area contributed by atoms with Crippen molar-refractivity contribution in [1.29, 1.82) is 0 Å². The van der Waals surface area contributed by atoms with Gasteiger partial charge in [0.05, 0.1) is 11.6 Å². The summed E-state index contributed by atoms with van der Waals surface area (Å²) in [5.74, 6) is 1.58. The van der Waals surface area contributed by atoms with Crippen LogP contribution in [0.15, 0.2) is 22.9 Å². The number of hydrogen-bond donors (Lipinski definition) is 1. The zero-order valence-electron chi connectivity index (χ0n) is 6.66. The molecule has 2 heterocycles. The summed E-state index contributed by atoms with van der Waals surface area (Å²) in [5, 5.41) is 5.09. The second-order valence-electron chi connectivity index (χ2n) is 2.69. The van der Waals surface area contributed by atoms with Crippen LogP contribution in [0.1, 0.15) is 6.92 Å². The minimum absolute atomic E-state index is 0.0459. The normalized spacial score (nSPS) is 27.8. The van der Waals surface area contributed by atoms with Gasteiger partial charge in [-0.2, -0.15) is 0 Å². The molecule has 2 rings (SSSR count). The van der Waals surface area contributed by atoms with Gasteiger partial charge in [0.2, 0.25) is 0 Å². The minimum atomic E-state index is -0.312. The number of nitrogens with one attached hydrogen (secondary N) is 1. The van der Waals surface area contributed by atoms with Gasteiger partial charge in [0.25, 0.3) is 0 Å². The summed E-state index contributed by atoms with van der Waals surface area (Å²) in [4.78, 5) is 11.1. The molecule has 2 aliphatic heterocycles. The zero-order valence-corrected chi connectivity index (χ0v) is 7.48. The van der Waals surface area contributed by atoms with Gasteiger partial charge < -0.3 is 10.1 Å². The molecule has 0 amide bonds. The fourth-order valence-electron chi connectivity index (χ4n) is 1.10. The van der Waals surface area contributed by atoms with Gasteiger partial charge in [-0.15, -0.1) is 11.8 Å². The molecule has 0 aromatic rings. The van der Waals surface area contributed by atoms with Crippen molar-refractivity contribution in [3.05, 3.63) is 22.9 Å². The summed E-state index contributed by atoms with van der Waals surface area (Å²) < 4.78 is 5.32. The van der Waals surface area contributed by atoms with Crippen LogP contribution in [0.25, 0.3) is 0 Å². The predicted molar refractivity (Wildman–Crippen MR) is 47.3 cm³/mol. The maximum absolute atomic E-state index is 11.1. The zero-order chi connectivity index (χ0) is 8.55. The van der Waals surface area contributed by atoms with E-state index in [4.69, 9.17) is 4.74 Å². The predicted octanol–water partition coefficient (Wildman–Crippen LogP) is 0.993. The van der Waals surface area contributed by atoms with Gasteiger partial charge in [-0.05, 0) is 12.3 Å². The molecule has 12 heavy (non-hydrogen) atoms. The highest BCUT2D eigenvalue weighted by Gasteiger charge is 2.25. The van der Waals surface area contributed by atoms with Crippen LogP contribution >= 0.6 is 11.8 Å². The minimum Gasteiger partial charge on any atom is -0.480 e. The Bertz CT molecular complexity index is 283. The average molecular weight is 183 g/mol. The number of carbonyl (C=O) groups is 1. The van der Waals surface area contributed by atoms with E-state index in [1.54, 1.807) is 24.8 Å². The van der Waals surface area contributed by atoms with Crippen molar-refractivity contribution in [2.45, 2.75) is 13.0 Å². The Balaban J connectivity index is 2.16. The largest absolute Gasteiger partial charge is 0.480 e. The van der Waals surface area contributed by atoms with E-state index in [0.29, 0.717) is 5.76 Å². The van der Waals surface area contributed by atoms with E-state index in [1.165, 1.54) is 0 Å². The van der Waals surface area contributed by atoms with Crippen molar-refractivity contribution in [3.63, 3.8) is 0 Å². The van der Waals surface area contributed by atoms with Gasteiger partial charge in [-0.1, -0.05) is 0 Å². The average Bonchev–Trinajstić information content (AvgIpc) is 2.61. The summed E-state index contributed by atoms with van der Waals surface area (Å²) in [5.41, 5.74) is 0.928. The van der Waals surface area contributed by atoms with Crippen molar-refractivity contribution in [2.24, 2.45) is 0 Å². The molecule has 3 nitrogen and oxygen atoms in total. The first kappa shape index (κ1) is 7.73. The molecule has 1 atom stereocenters. The molecule has 1 N–H and O–H groups in total. The van der Waals surface area contributed by atoms with E-state index in [9.17, 15) is 4.79 Å². The van der Waals surface area contributed by atoms with E-state index < -0.39 is 0 Å². The Kier molecular flexibility index (Phi) is 1.84. The summed E-state index contributed by atoms with van der Waals surface area (Å²) in [6.45, 7) is 1.76. The van der Waals surface area contributed by atoms with E-state index in [1.807, 2.05) is 5.41 Å². The van der Waals surface area contributed by atoms with Crippen LogP contribution in [0.3, 0.4) is 0 Å². The van der Waals surface area contributed by atoms with Crippen molar-refractivity contribution in [1.82, 2.24) is 5.32 Å². The molecular weight excluding hydrogens is 174 g/mol. The third-order valence-corrected chi connectivity index (χ3v) is 2.50. The Morgan fingerprint density at radius 3 is 3.08 bits per heavy atom. The van der Waals surface area contributed by atoms with Crippen molar-refractivity contribution in [2.75, 3.05) is 5.88 Å². The standard InChI is InChI=1S/C8H9NO2S/c1-5-7(10)2-8(11-5)6-3-12-4-9-6/h2-3,5,9H,4H2,1H3. The van der Waals surface area contributed by atoms with E-state index in [0.717, 1.165) is 11.6 Å². The first-order chi connectivity index (χ1) is 5.77. The van der Waals surface area contributed by atoms with Crippen LogP contribution in [-0.2, 0) is 9.53 Å². The van der Waals surface area contributed by atoms with Crippen LogP contribution in [0.5, 0.6) is 0 Å². The van der Waals surface area contributed by atoms with Crippen LogP contribution in [0, 0.1) is 0 Å². The molecule has 0 saturated carbocycles. The first-order valence-corrected chi connectivity index (χ1v) is 4.80. The molecule has 2 aliphatic rings. The lowest BCUT2D eigenvalue weighted by Gasteiger charge is -2.07. The molecule has 1 unspecified atom stereocenters. The molecule has 0 spiro atoms. The quantitative estimate of drug-likeness (QED) is 0.658. The second kappa shape index (κ2) is 2.86. The SMILES string of the molecule is CC1OC(C2=CSCN2)=CC1=O. The molecule has 4 heteroatoms. The van der Waals surface area contributed by atoms with Crippen molar-refractivity contribution < 1.29 is 9.53 Å². The van der Waals surface area contributed by atoms with E-state index >= 15 is 0 Å². The van der Waals surface area contributed by atoms with Gasteiger partial charge in [0.1, 0.15) is 5.76 Å². The lowest BCUT2D eigenvalue weighted by molar-refractivity contribution is -0.119. The van der Waals surface area contributed by atoms with E-state index in [-0.39, 0.29) is 11.9 Å². The van der Waals surface area contributed by atoms with Gasteiger partial charge in [-0.3, -0.25) is 4.79 Å². The summed E-state index contributed by atoms with van der Waals surface area (Å²) >= 11 is 1.67. The van der Waals surface area contributed by atoms with Crippen LogP contribution < -0.4 is 5.32 Å². The fourth-order valence-corrected chi connectivity index (χ4v) is 1.79. The first-order valence-electron chi connectivity index (χ1n) is 3.75. The number of hydrogen-bond acceptors (Lipinski definition) is 4. The van der Waals surface area contributed by atoms with Gasteiger partial charge in [0.15, 0.2) is 11.9 Å². The highest BCUT2D eigenvalue weighted by atomic mass is 32.2. The molecule has 0 aromatic carbocycles. The van der Waals surface area contributed by atoms with Gasteiger partial charge in [-0.25, -0.2) is 0 Å². The molecule has 0 saturated heterocycles. The highest BCUT2D eigenvalue weighted by molar-refractivity contribution is 8.02. The second-order valence-corrected chi connectivity index (χ2v) is 3.55. The van der Waals surface area contributed by atoms with Gasteiger partial charge in [0, 0.05) is 6.08 Å². The summed E-state index contributed by atoms with van der Waals surface area (Å²) in [6.07, 6.45) is 1.24. The third-order valence-electron chi connectivity index (χ3n) is 1.79. The Morgan fingerprint density at radius 2 is 2.58 bits per heavy atom. The fraction of sp³-hybridized carbons (Fsp3) is 0.375. The molecule has 0 aliphatic carbocycles. The molecular formula is C8H9NO2S. The topological polar surface area (TPSA) is 38.3 Å². The highest BCUT2D eigenvalue weighted by Crippen LogP contribution is 2.24. The number of ketones is 1. The van der Waals surface area contributed by atoms with Crippen LogP contribution in [-0.4, -0.2) is 17.8 Å². The molecule has 0 radical (unpaired) electrons. The molecule has 0 fully saturated rings. The summed E-state index contributed by atoms with van der Waals surface area (Å²) in [6, 6.07) is 0. The number of carbonyl (C=O) groups excluding carboxylic acids is 1.